The average molecular weight is 399 g/mol. The number of amides is 3. The fourth-order valence-electron chi connectivity index (χ4n) is 3.13. The normalized spacial score (nSPS) is 13.0. The Labute approximate surface area is 166 Å². The third-order valence-electron chi connectivity index (χ3n) is 4.53. The zero-order chi connectivity index (χ0) is 20.3. The van der Waals surface area contributed by atoms with Gasteiger partial charge < -0.3 is 5.32 Å². The highest BCUT2D eigenvalue weighted by molar-refractivity contribution is 7.17. The quantitative estimate of drug-likeness (QED) is 0.417. The van der Waals surface area contributed by atoms with Crippen LogP contribution in [0.4, 0.5) is 5.13 Å². The lowest BCUT2D eigenvalue weighted by atomic mass is 10.1. The van der Waals surface area contributed by atoms with Crippen LogP contribution in [0.15, 0.2) is 24.3 Å². The molecule has 1 aliphatic heterocycles. The first-order valence-electron chi connectivity index (χ1n) is 9.12. The molecule has 1 N–H and O–H groups in total. The summed E-state index contributed by atoms with van der Waals surface area (Å²) >= 11 is 1.18. The minimum atomic E-state index is -0.251. The van der Waals surface area contributed by atoms with Gasteiger partial charge in [-0.25, -0.2) is 4.98 Å². The number of fused-ring (bicyclic) bond motifs is 1. The highest BCUT2D eigenvalue weighted by atomic mass is 32.1. The summed E-state index contributed by atoms with van der Waals surface area (Å²) in [7, 11) is 0. The fraction of sp³-hybridized carbons (Fsp3) is 0.350. The molecule has 0 saturated carbocycles. The number of unbranched alkanes of at least 4 members (excludes halogenated alkanes) is 2. The summed E-state index contributed by atoms with van der Waals surface area (Å²) in [4.78, 5) is 54.0. The van der Waals surface area contributed by atoms with Gasteiger partial charge in [0.1, 0.15) is 0 Å². The van der Waals surface area contributed by atoms with E-state index in [0.29, 0.717) is 52.6 Å². The van der Waals surface area contributed by atoms with E-state index in [-0.39, 0.29) is 23.5 Å². The van der Waals surface area contributed by atoms with E-state index in [9.17, 15) is 19.2 Å². The first-order valence-corrected chi connectivity index (χ1v) is 9.93. The van der Waals surface area contributed by atoms with Crippen LogP contribution in [-0.2, 0) is 4.79 Å². The second kappa shape index (κ2) is 8.43. The molecule has 0 atom stereocenters. The Hall–Kier alpha value is -2.87. The lowest BCUT2D eigenvalue weighted by molar-refractivity contribution is -0.116. The standard InChI is InChI=1S/C20H21N3O4S/c1-12-17(13(2)24)28-20(21-12)22-16(25)10-4-3-7-11-23-18(26)14-8-5-6-9-15(14)19(23)27/h5-6,8-9H,3-4,7,10-11H2,1-2H3,(H,21,22,25). The lowest BCUT2D eigenvalue weighted by Crippen LogP contribution is -2.30. The maximum absolute atomic E-state index is 12.3. The molecule has 1 aromatic carbocycles. The number of benzene rings is 1. The monoisotopic (exact) mass is 399 g/mol. The number of imide groups is 1. The van der Waals surface area contributed by atoms with E-state index in [1.807, 2.05) is 0 Å². The van der Waals surface area contributed by atoms with Gasteiger partial charge in [0.15, 0.2) is 10.9 Å². The molecule has 0 bridgehead atoms. The number of rotatable bonds is 8. The molecular weight excluding hydrogens is 378 g/mol. The highest BCUT2D eigenvalue weighted by Crippen LogP contribution is 2.24. The molecule has 146 valence electrons. The zero-order valence-electron chi connectivity index (χ0n) is 15.8. The Balaban J connectivity index is 1.40. The van der Waals surface area contributed by atoms with Crippen molar-refractivity contribution in [2.24, 2.45) is 0 Å². The number of carbonyl (C=O) groups excluding carboxylic acids is 4. The lowest BCUT2D eigenvalue weighted by Gasteiger charge is -2.13. The molecule has 0 unspecified atom stereocenters. The van der Waals surface area contributed by atoms with Gasteiger partial charge in [-0.3, -0.25) is 24.1 Å². The molecule has 28 heavy (non-hydrogen) atoms. The Bertz CT molecular complexity index is 916. The van der Waals surface area contributed by atoms with Gasteiger partial charge in [-0.2, -0.15) is 0 Å². The van der Waals surface area contributed by atoms with Crippen molar-refractivity contribution in [3.8, 4) is 0 Å². The van der Waals surface area contributed by atoms with Gasteiger partial charge in [-0.15, -0.1) is 0 Å². The summed E-state index contributed by atoms with van der Waals surface area (Å²) in [6.07, 6.45) is 2.31. The van der Waals surface area contributed by atoms with Gasteiger partial charge in [-0.1, -0.05) is 29.9 Å². The van der Waals surface area contributed by atoms with Crippen molar-refractivity contribution in [3.05, 3.63) is 46.0 Å². The Kier molecular flexibility index (Phi) is 5.99. The van der Waals surface area contributed by atoms with Crippen LogP contribution in [0.2, 0.25) is 0 Å². The molecule has 3 rings (SSSR count). The van der Waals surface area contributed by atoms with Crippen molar-refractivity contribution in [3.63, 3.8) is 0 Å². The van der Waals surface area contributed by atoms with Crippen LogP contribution in [-0.4, -0.2) is 39.9 Å². The summed E-state index contributed by atoms with van der Waals surface area (Å²) in [5.41, 5.74) is 1.53. The Morgan fingerprint density at radius 3 is 2.29 bits per heavy atom. The fourth-order valence-corrected chi connectivity index (χ4v) is 4.01. The van der Waals surface area contributed by atoms with E-state index in [2.05, 4.69) is 10.3 Å². The van der Waals surface area contributed by atoms with Crippen molar-refractivity contribution in [1.29, 1.82) is 0 Å². The van der Waals surface area contributed by atoms with Crippen LogP contribution >= 0.6 is 11.3 Å². The van der Waals surface area contributed by atoms with Gasteiger partial charge in [0, 0.05) is 19.9 Å². The number of aryl methyl sites for hydroxylation is 1. The van der Waals surface area contributed by atoms with Gasteiger partial charge in [0.2, 0.25) is 5.91 Å². The Morgan fingerprint density at radius 1 is 1.07 bits per heavy atom. The molecule has 0 fully saturated rings. The number of nitrogens with one attached hydrogen (secondary N) is 1. The van der Waals surface area contributed by atoms with Crippen LogP contribution in [0, 0.1) is 6.92 Å². The maximum atomic E-state index is 12.3. The molecule has 0 aliphatic carbocycles. The average Bonchev–Trinajstić information content (AvgIpc) is 3.14. The van der Waals surface area contributed by atoms with E-state index in [1.165, 1.54) is 23.2 Å². The minimum absolute atomic E-state index is 0.0661. The molecule has 1 aliphatic rings. The van der Waals surface area contributed by atoms with Crippen molar-refractivity contribution < 1.29 is 19.2 Å². The number of anilines is 1. The molecule has 0 radical (unpaired) electrons. The van der Waals surface area contributed by atoms with Crippen molar-refractivity contribution in [2.75, 3.05) is 11.9 Å². The molecule has 3 amide bonds. The molecule has 0 spiro atoms. The number of hydrogen-bond acceptors (Lipinski definition) is 6. The van der Waals surface area contributed by atoms with Crippen molar-refractivity contribution in [1.82, 2.24) is 9.88 Å². The number of hydrogen-bond donors (Lipinski definition) is 1. The van der Waals surface area contributed by atoms with E-state index in [1.54, 1.807) is 31.2 Å². The summed E-state index contributed by atoms with van der Waals surface area (Å²) < 4.78 is 0. The molecule has 7 nitrogen and oxygen atoms in total. The van der Waals surface area contributed by atoms with Crippen LogP contribution in [0.3, 0.4) is 0 Å². The topological polar surface area (TPSA) is 96.4 Å². The van der Waals surface area contributed by atoms with Gasteiger partial charge in [0.25, 0.3) is 11.8 Å². The number of ketones is 1. The molecule has 0 saturated heterocycles. The second-order valence-electron chi connectivity index (χ2n) is 6.66. The molecular formula is C20H21N3O4S. The molecule has 2 aromatic rings. The maximum Gasteiger partial charge on any atom is 0.261 e. The third-order valence-corrected chi connectivity index (χ3v) is 5.70. The smallest absolute Gasteiger partial charge is 0.261 e. The van der Waals surface area contributed by atoms with Crippen LogP contribution in [0.25, 0.3) is 0 Å². The SMILES string of the molecule is CC(=O)c1sc(NC(=O)CCCCCN2C(=O)c3ccccc3C2=O)nc1C. The zero-order valence-corrected chi connectivity index (χ0v) is 16.6. The third kappa shape index (κ3) is 4.17. The van der Waals surface area contributed by atoms with E-state index in [4.69, 9.17) is 0 Å². The molecule has 2 heterocycles. The number of carbonyl (C=O) groups is 4. The summed E-state index contributed by atoms with van der Waals surface area (Å²) in [5.74, 6) is -0.731. The highest BCUT2D eigenvalue weighted by Gasteiger charge is 2.34. The second-order valence-corrected chi connectivity index (χ2v) is 7.66. The largest absolute Gasteiger partial charge is 0.302 e. The number of nitrogens with zero attached hydrogens (tertiary/aromatic N) is 2. The first kappa shape index (κ1) is 19.9. The summed E-state index contributed by atoms with van der Waals surface area (Å²) in [6, 6.07) is 6.82. The van der Waals surface area contributed by atoms with Crippen LogP contribution in [0.5, 0.6) is 0 Å². The number of Topliss-reactive ketones (excluding diaryl/α,β-unsaturated/α-hetero) is 1. The van der Waals surface area contributed by atoms with E-state index in [0.717, 1.165) is 6.42 Å². The van der Waals surface area contributed by atoms with E-state index >= 15 is 0 Å². The summed E-state index contributed by atoms with van der Waals surface area (Å²) in [5, 5.41) is 3.14. The minimum Gasteiger partial charge on any atom is -0.302 e. The van der Waals surface area contributed by atoms with Crippen LogP contribution in [0.1, 0.15) is 68.7 Å². The predicted molar refractivity (Wildman–Crippen MR) is 106 cm³/mol. The first-order chi connectivity index (χ1) is 13.4. The van der Waals surface area contributed by atoms with Crippen molar-refractivity contribution >= 4 is 40.0 Å². The predicted octanol–water partition coefficient (Wildman–Crippen LogP) is 3.45. The molecule has 1 aromatic heterocycles. The van der Waals surface area contributed by atoms with Gasteiger partial charge in [-0.05, 0) is 31.9 Å². The number of aromatic nitrogens is 1. The number of thiazole rings is 1. The van der Waals surface area contributed by atoms with Gasteiger partial charge >= 0.3 is 0 Å². The van der Waals surface area contributed by atoms with Gasteiger partial charge in [0.05, 0.1) is 21.7 Å². The molecule has 8 heteroatoms. The Morgan fingerprint density at radius 2 is 1.71 bits per heavy atom. The summed E-state index contributed by atoms with van der Waals surface area (Å²) in [6.45, 7) is 3.56. The van der Waals surface area contributed by atoms with Crippen molar-refractivity contribution in [2.45, 2.75) is 39.5 Å². The van der Waals surface area contributed by atoms with Crippen LogP contribution < -0.4 is 5.32 Å². The van der Waals surface area contributed by atoms with E-state index < -0.39 is 0 Å².